The third-order valence-corrected chi connectivity index (χ3v) is 7.63. The van der Waals surface area contributed by atoms with Gasteiger partial charge in [-0.05, 0) is 52.7 Å². The first-order valence-corrected chi connectivity index (χ1v) is 10.3. The molecular formula is C14H23BrN2O2S2. The molecule has 1 atom stereocenters. The summed E-state index contributed by atoms with van der Waals surface area (Å²) in [4.78, 5) is 1.39. The van der Waals surface area contributed by atoms with Crippen LogP contribution in [-0.4, -0.2) is 21.5 Å². The largest absolute Gasteiger partial charge is 0.312 e. The highest BCUT2D eigenvalue weighted by Gasteiger charge is 2.45. The number of rotatable bonds is 8. The number of halogens is 1. The van der Waals surface area contributed by atoms with Crippen LogP contribution in [0.2, 0.25) is 0 Å². The van der Waals surface area contributed by atoms with Crippen molar-refractivity contribution in [3.05, 3.63) is 14.7 Å². The Morgan fingerprint density at radius 2 is 2.14 bits per heavy atom. The average molecular weight is 395 g/mol. The molecule has 0 amide bonds. The fourth-order valence-corrected chi connectivity index (χ4v) is 6.00. The molecule has 2 N–H and O–H groups in total. The van der Waals surface area contributed by atoms with E-state index in [-0.39, 0.29) is 5.41 Å². The van der Waals surface area contributed by atoms with Gasteiger partial charge in [0.1, 0.15) is 4.90 Å². The summed E-state index contributed by atoms with van der Waals surface area (Å²) in [5.74, 6) is 0.454. The summed E-state index contributed by atoms with van der Waals surface area (Å²) in [6.45, 7) is 8.63. The van der Waals surface area contributed by atoms with Crippen LogP contribution < -0.4 is 10.0 Å². The van der Waals surface area contributed by atoms with Crippen LogP contribution in [0.15, 0.2) is 14.7 Å². The van der Waals surface area contributed by atoms with Crippen molar-refractivity contribution in [1.29, 1.82) is 0 Å². The Morgan fingerprint density at radius 3 is 2.71 bits per heavy atom. The Bertz CT molecular complexity index is 596. The van der Waals surface area contributed by atoms with Crippen LogP contribution in [0.4, 0.5) is 0 Å². The summed E-state index contributed by atoms with van der Waals surface area (Å²) in [5, 5.41) is 3.29. The van der Waals surface area contributed by atoms with Crippen LogP contribution >= 0.6 is 27.3 Å². The summed E-state index contributed by atoms with van der Waals surface area (Å²) in [6, 6.07) is 1.76. The second-order valence-corrected chi connectivity index (χ2v) is 10.5. The molecule has 1 heterocycles. The van der Waals surface area contributed by atoms with Crippen LogP contribution in [0, 0.1) is 11.3 Å². The maximum absolute atomic E-state index is 12.4. The first-order chi connectivity index (χ1) is 9.76. The molecule has 1 unspecified atom stereocenters. The lowest BCUT2D eigenvalue weighted by Crippen LogP contribution is -2.26. The number of sulfonamides is 1. The summed E-state index contributed by atoms with van der Waals surface area (Å²) in [7, 11) is -3.42. The maximum atomic E-state index is 12.4. The fraction of sp³-hybridized carbons (Fsp3) is 0.714. The fourth-order valence-electron chi connectivity index (χ4n) is 2.27. The van der Waals surface area contributed by atoms with Gasteiger partial charge in [-0.25, -0.2) is 13.1 Å². The van der Waals surface area contributed by atoms with E-state index in [1.165, 1.54) is 11.3 Å². The standard InChI is InChI=1S/C14H23BrN2O2S2/c1-4-5-16-9-11-6-12(13(15)20-11)21(18,19)17-8-10-7-14(10,2)3/h6,10,16-17H,4-5,7-9H2,1-3H3. The number of hydrogen-bond donors (Lipinski definition) is 2. The molecule has 0 aromatic carbocycles. The lowest BCUT2D eigenvalue weighted by Gasteiger charge is -2.07. The van der Waals surface area contributed by atoms with Gasteiger partial charge >= 0.3 is 0 Å². The Hall–Kier alpha value is 0.0500. The van der Waals surface area contributed by atoms with Crippen LogP contribution in [0.3, 0.4) is 0 Å². The van der Waals surface area contributed by atoms with Gasteiger partial charge < -0.3 is 5.32 Å². The molecule has 0 bridgehead atoms. The van der Waals surface area contributed by atoms with Gasteiger partial charge in [-0.2, -0.15) is 0 Å². The van der Waals surface area contributed by atoms with Crippen molar-refractivity contribution >= 4 is 37.3 Å². The van der Waals surface area contributed by atoms with Gasteiger partial charge in [0.2, 0.25) is 10.0 Å². The second kappa shape index (κ2) is 6.66. The zero-order chi connectivity index (χ0) is 15.7. The minimum atomic E-state index is -3.42. The van der Waals surface area contributed by atoms with Crippen LogP contribution in [0.1, 0.15) is 38.5 Å². The molecule has 0 saturated heterocycles. The maximum Gasteiger partial charge on any atom is 0.242 e. The van der Waals surface area contributed by atoms with Gasteiger partial charge in [0.25, 0.3) is 0 Å². The van der Waals surface area contributed by atoms with E-state index in [1.54, 1.807) is 6.07 Å². The minimum Gasteiger partial charge on any atom is -0.312 e. The molecular weight excluding hydrogens is 372 g/mol. The third kappa shape index (κ3) is 4.51. The second-order valence-electron chi connectivity index (χ2n) is 6.27. The van der Waals surface area contributed by atoms with Crippen molar-refractivity contribution in [2.45, 2.75) is 45.1 Å². The molecule has 1 fully saturated rings. The molecule has 1 aliphatic rings. The smallest absolute Gasteiger partial charge is 0.242 e. The highest BCUT2D eigenvalue weighted by Crippen LogP contribution is 2.51. The predicted molar refractivity (Wildman–Crippen MR) is 91.1 cm³/mol. The lowest BCUT2D eigenvalue weighted by molar-refractivity contribution is 0.537. The van der Waals surface area contributed by atoms with E-state index < -0.39 is 10.0 Å². The normalized spacial score (nSPS) is 20.7. The monoisotopic (exact) mass is 394 g/mol. The zero-order valence-corrected chi connectivity index (χ0v) is 15.9. The molecule has 120 valence electrons. The SMILES string of the molecule is CCCNCc1cc(S(=O)(=O)NCC2CC2(C)C)c(Br)s1. The van der Waals surface area contributed by atoms with Crippen molar-refractivity contribution in [3.8, 4) is 0 Å². The molecule has 7 heteroatoms. The molecule has 4 nitrogen and oxygen atoms in total. The first kappa shape index (κ1) is 17.4. The van der Waals surface area contributed by atoms with Crippen molar-refractivity contribution in [2.75, 3.05) is 13.1 Å². The minimum absolute atomic E-state index is 0.281. The van der Waals surface area contributed by atoms with Gasteiger partial charge in [-0.1, -0.05) is 20.8 Å². The number of hydrogen-bond acceptors (Lipinski definition) is 4. The Balaban J connectivity index is 1.99. The van der Waals surface area contributed by atoms with Gasteiger partial charge in [0.15, 0.2) is 0 Å². The van der Waals surface area contributed by atoms with Crippen molar-refractivity contribution < 1.29 is 8.42 Å². The van der Waals surface area contributed by atoms with Crippen molar-refractivity contribution in [1.82, 2.24) is 10.0 Å². The average Bonchev–Trinajstić information content (AvgIpc) is 2.81. The zero-order valence-electron chi connectivity index (χ0n) is 12.7. The molecule has 0 spiro atoms. The number of nitrogens with one attached hydrogen (secondary N) is 2. The lowest BCUT2D eigenvalue weighted by atomic mass is 10.1. The van der Waals surface area contributed by atoms with E-state index in [0.717, 1.165) is 24.3 Å². The topological polar surface area (TPSA) is 58.2 Å². The predicted octanol–water partition coefficient (Wildman–Crippen LogP) is 3.33. The molecule has 1 saturated carbocycles. The van der Waals surface area contributed by atoms with Crippen LogP contribution in [0.25, 0.3) is 0 Å². The highest BCUT2D eigenvalue weighted by atomic mass is 79.9. The molecule has 0 aliphatic heterocycles. The first-order valence-electron chi connectivity index (χ1n) is 7.25. The van der Waals surface area contributed by atoms with E-state index in [2.05, 4.69) is 46.7 Å². The van der Waals surface area contributed by atoms with Gasteiger partial charge in [-0.3, -0.25) is 0 Å². The molecule has 2 rings (SSSR count). The molecule has 21 heavy (non-hydrogen) atoms. The molecule has 1 aromatic rings. The Kier molecular flexibility index (Phi) is 5.52. The third-order valence-electron chi connectivity index (χ3n) is 3.96. The summed E-state index contributed by atoms with van der Waals surface area (Å²) in [5.41, 5.74) is 0.281. The quantitative estimate of drug-likeness (QED) is 0.664. The summed E-state index contributed by atoms with van der Waals surface area (Å²) in [6.07, 6.45) is 2.16. The molecule has 0 radical (unpaired) electrons. The van der Waals surface area contributed by atoms with Gasteiger partial charge in [0, 0.05) is 18.0 Å². The highest BCUT2D eigenvalue weighted by molar-refractivity contribution is 9.11. The van der Waals surface area contributed by atoms with E-state index in [9.17, 15) is 8.42 Å². The van der Waals surface area contributed by atoms with E-state index >= 15 is 0 Å². The van der Waals surface area contributed by atoms with Crippen LogP contribution in [-0.2, 0) is 16.6 Å². The van der Waals surface area contributed by atoms with Gasteiger partial charge in [0.05, 0.1) is 3.79 Å². The summed E-state index contributed by atoms with van der Waals surface area (Å²) >= 11 is 4.85. The molecule has 1 aliphatic carbocycles. The number of thiophene rings is 1. The summed E-state index contributed by atoms with van der Waals surface area (Å²) < 4.78 is 28.2. The van der Waals surface area contributed by atoms with Crippen molar-refractivity contribution in [2.24, 2.45) is 11.3 Å². The Labute approximate surface area is 139 Å². The van der Waals surface area contributed by atoms with Crippen molar-refractivity contribution in [3.63, 3.8) is 0 Å². The Morgan fingerprint density at radius 1 is 1.48 bits per heavy atom. The van der Waals surface area contributed by atoms with Gasteiger partial charge in [-0.15, -0.1) is 11.3 Å². The van der Waals surface area contributed by atoms with E-state index in [0.29, 0.717) is 27.7 Å². The van der Waals surface area contributed by atoms with E-state index in [1.807, 2.05) is 0 Å². The molecule has 1 aromatic heterocycles. The van der Waals surface area contributed by atoms with Crippen LogP contribution in [0.5, 0.6) is 0 Å². The van der Waals surface area contributed by atoms with E-state index in [4.69, 9.17) is 0 Å².